The maximum Gasteiger partial charge on any atom is 0.340 e. The average Bonchev–Trinajstić information content (AvgIpc) is 2.76. The highest BCUT2D eigenvalue weighted by Gasteiger charge is 2.14. The number of nitrogens with one attached hydrogen (secondary N) is 1. The Hall–Kier alpha value is -3.94. The number of hydrogen-bond donors (Lipinski definition) is 1. The van der Waals surface area contributed by atoms with Crippen molar-refractivity contribution in [2.45, 2.75) is 20.4 Å². The maximum atomic E-state index is 12.5. The Bertz CT molecular complexity index is 1120. The van der Waals surface area contributed by atoms with E-state index in [1.165, 1.54) is 17.0 Å². The highest BCUT2D eigenvalue weighted by molar-refractivity contribution is 6.01. The van der Waals surface area contributed by atoms with E-state index >= 15 is 0 Å². The summed E-state index contributed by atoms with van der Waals surface area (Å²) in [5.41, 5.74) is 1.46. The van der Waals surface area contributed by atoms with Crippen molar-refractivity contribution in [3.63, 3.8) is 0 Å². The Morgan fingerprint density at radius 1 is 1.03 bits per heavy atom. The predicted molar refractivity (Wildman–Crippen MR) is 116 cm³/mol. The van der Waals surface area contributed by atoms with Crippen LogP contribution in [-0.4, -0.2) is 34.6 Å². The van der Waals surface area contributed by atoms with Gasteiger partial charge >= 0.3 is 5.97 Å². The number of carbonyl (C=O) groups is 2. The lowest BCUT2D eigenvalue weighted by Gasteiger charge is -2.11. The minimum absolute atomic E-state index is 0.225. The summed E-state index contributed by atoms with van der Waals surface area (Å²) in [5, 5.41) is 2.65. The smallest absolute Gasteiger partial charge is 0.340 e. The Morgan fingerprint density at radius 3 is 2.45 bits per heavy atom. The van der Waals surface area contributed by atoms with Gasteiger partial charge < -0.3 is 14.8 Å². The highest BCUT2D eigenvalue weighted by Crippen LogP contribution is 2.20. The lowest BCUT2D eigenvalue weighted by atomic mass is 10.1. The van der Waals surface area contributed by atoms with Gasteiger partial charge in [0, 0.05) is 11.6 Å². The van der Waals surface area contributed by atoms with Gasteiger partial charge in [-0.15, -0.1) is 0 Å². The molecule has 0 aliphatic carbocycles. The molecule has 31 heavy (non-hydrogen) atoms. The Morgan fingerprint density at radius 2 is 1.77 bits per heavy atom. The largest absolute Gasteiger partial charge is 0.494 e. The number of hydrogen-bond acceptors (Lipinski definition) is 6. The molecule has 0 bridgehead atoms. The Labute approximate surface area is 179 Å². The molecule has 0 spiro atoms. The van der Waals surface area contributed by atoms with Gasteiger partial charge in [0.2, 0.25) is 5.91 Å². The van der Waals surface area contributed by atoms with Crippen LogP contribution in [0.25, 0.3) is 11.3 Å². The van der Waals surface area contributed by atoms with E-state index in [1.807, 2.05) is 19.1 Å². The van der Waals surface area contributed by atoms with Crippen LogP contribution in [0.5, 0.6) is 5.75 Å². The number of benzene rings is 2. The molecule has 2 aromatic carbocycles. The number of aromatic nitrogens is 2. The molecule has 0 fully saturated rings. The van der Waals surface area contributed by atoms with Gasteiger partial charge in [-0.1, -0.05) is 12.1 Å². The second-order valence-electron chi connectivity index (χ2n) is 6.51. The summed E-state index contributed by atoms with van der Waals surface area (Å²) < 4.78 is 11.6. The summed E-state index contributed by atoms with van der Waals surface area (Å²) in [4.78, 5) is 41.3. The molecule has 1 aromatic heterocycles. The predicted octanol–water partition coefficient (Wildman–Crippen LogP) is 3.12. The van der Waals surface area contributed by atoms with Crippen LogP contribution in [-0.2, 0) is 16.1 Å². The van der Waals surface area contributed by atoms with Crippen molar-refractivity contribution in [1.29, 1.82) is 0 Å². The third kappa shape index (κ3) is 5.57. The number of nitrogens with zero attached hydrogens (tertiary/aromatic N) is 2. The van der Waals surface area contributed by atoms with Gasteiger partial charge in [-0.05, 0) is 50.2 Å². The number of ether oxygens (including phenoxy) is 2. The minimum Gasteiger partial charge on any atom is -0.494 e. The van der Waals surface area contributed by atoms with E-state index in [0.717, 1.165) is 11.3 Å². The van der Waals surface area contributed by atoms with Crippen molar-refractivity contribution in [1.82, 2.24) is 9.55 Å². The van der Waals surface area contributed by atoms with Gasteiger partial charge in [0.05, 0.1) is 36.5 Å². The molecule has 160 valence electrons. The Kier molecular flexibility index (Phi) is 7.16. The second-order valence-corrected chi connectivity index (χ2v) is 6.51. The van der Waals surface area contributed by atoms with Crippen LogP contribution in [0.3, 0.4) is 0 Å². The number of esters is 1. The third-order valence-corrected chi connectivity index (χ3v) is 4.35. The van der Waals surface area contributed by atoms with Crippen LogP contribution in [0.15, 0.2) is 65.7 Å². The topological polar surface area (TPSA) is 99.5 Å². The van der Waals surface area contributed by atoms with E-state index in [4.69, 9.17) is 9.47 Å². The monoisotopic (exact) mass is 421 g/mol. The van der Waals surface area contributed by atoms with Gasteiger partial charge in [-0.3, -0.25) is 14.2 Å². The lowest BCUT2D eigenvalue weighted by Crippen LogP contribution is -2.28. The summed E-state index contributed by atoms with van der Waals surface area (Å²) in [6.45, 7) is 4.16. The van der Waals surface area contributed by atoms with Gasteiger partial charge in [0.1, 0.15) is 12.3 Å². The number of amides is 1. The maximum absolute atomic E-state index is 12.5. The van der Waals surface area contributed by atoms with E-state index in [-0.39, 0.29) is 24.3 Å². The van der Waals surface area contributed by atoms with Crippen LogP contribution >= 0.6 is 0 Å². The van der Waals surface area contributed by atoms with E-state index in [2.05, 4.69) is 10.3 Å². The van der Waals surface area contributed by atoms with Crippen LogP contribution in [0.2, 0.25) is 0 Å². The summed E-state index contributed by atoms with van der Waals surface area (Å²) in [6, 6.07) is 15.1. The molecular formula is C23H23N3O5. The van der Waals surface area contributed by atoms with Crippen LogP contribution in [0.1, 0.15) is 24.2 Å². The third-order valence-electron chi connectivity index (χ3n) is 4.35. The lowest BCUT2D eigenvalue weighted by molar-refractivity contribution is -0.116. The fourth-order valence-electron chi connectivity index (χ4n) is 2.91. The number of rotatable bonds is 8. The normalized spacial score (nSPS) is 10.4. The van der Waals surface area contributed by atoms with E-state index in [0.29, 0.717) is 18.0 Å². The second kappa shape index (κ2) is 10.2. The molecule has 8 heteroatoms. The first kappa shape index (κ1) is 21.8. The van der Waals surface area contributed by atoms with E-state index in [9.17, 15) is 14.4 Å². The zero-order chi connectivity index (χ0) is 22.2. The Balaban J connectivity index is 1.72. The summed E-state index contributed by atoms with van der Waals surface area (Å²) >= 11 is 0. The fourth-order valence-corrected chi connectivity index (χ4v) is 2.91. The summed E-state index contributed by atoms with van der Waals surface area (Å²) in [7, 11) is 0. The van der Waals surface area contributed by atoms with Crippen molar-refractivity contribution in [2.75, 3.05) is 18.5 Å². The molecule has 0 unspecified atom stereocenters. The number of carbonyl (C=O) groups excluding carboxylic acids is 2. The minimum atomic E-state index is -0.531. The molecule has 1 heterocycles. The van der Waals surface area contributed by atoms with Gasteiger partial charge in [-0.25, -0.2) is 9.78 Å². The average molecular weight is 421 g/mol. The first-order valence-corrected chi connectivity index (χ1v) is 9.87. The van der Waals surface area contributed by atoms with E-state index < -0.39 is 11.9 Å². The molecular weight excluding hydrogens is 398 g/mol. The number of para-hydroxylation sites is 1. The van der Waals surface area contributed by atoms with Gasteiger partial charge in [0.15, 0.2) is 0 Å². The van der Waals surface area contributed by atoms with Crippen LogP contribution < -0.4 is 15.6 Å². The standard InChI is InChI=1S/C23H23N3O5/c1-3-30-17-11-9-16(10-12-17)20-13-22(28)26(15-24-20)14-21(27)25-19-8-6-5-7-18(19)23(29)31-4-2/h5-13,15H,3-4,14H2,1-2H3,(H,25,27). The molecule has 8 nitrogen and oxygen atoms in total. The van der Waals surface area contributed by atoms with Crippen LogP contribution in [0, 0.1) is 0 Å². The molecule has 0 aliphatic heterocycles. The zero-order valence-corrected chi connectivity index (χ0v) is 17.3. The van der Waals surface area contributed by atoms with Crippen molar-refractivity contribution in [2.24, 2.45) is 0 Å². The van der Waals surface area contributed by atoms with Crippen molar-refractivity contribution < 1.29 is 19.1 Å². The van der Waals surface area contributed by atoms with Gasteiger partial charge in [-0.2, -0.15) is 0 Å². The quantitative estimate of drug-likeness (QED) is 0.561. The van der Waals surface area contributed by atoms with Crippen LogP contribution in [0.4, 0.5) is 5.69 Å². The molecule has 0 aliphatic rings. The molecule has 0 saturated carbocycles. The molecule has 0 radical (unpaired) electrons. The first-order valence-electron chi connectivity index (χ1n) is 9.87. The molecule has 3 aromatic rings. The van der Waals surface area contributed by atoms with E-state index in [1.54, 1.807) is 43.3 Å². The number of anilines is 1. The zero-order valence-electron chi connectivity index (χ0n) is 17.3. The van der Waals surface area contributed by atoms with Crippen molar-refractivity contribution in [3.05, 3.63) is 76.8 Å². The fraction of sp³-hybridized carbons (Fsp3) is 0.217. The molecule has 1 N–H and O–H groups in total. The van der Waals surface area contributed by atoms with Crippen molar-refractivity contribution >= 4 is 17.6 Å². The molecule has 3 rings (SSSR count). The highest BCUT2D eigenvalue weighted by atomic mass is 16.5. The van der Waals surface area contributed by atoms with Crippen molar-refractivity contribution in [3.8, 4) is 17.0 Å². The first-order chi connectivity index (χ1) is 15.0. The molecule has 0 saturated heterocycles. The SMILES string of the molecule is CCOC(=O)c1ccccc1NC(=O)Cn1cnc(-c2ccc(OCC)cc2)cc1=O. The molecule has 0 atom stereocenters. The molecule has 1 amide bonds. The summed E-state index contributed by atoms with van der Waals surface area (Å²) in [5.74, 6) is -0.259. The van der Waals surface area contributed by atoms with Gasteiger partial charge in [0.25, 0.3) is 5.56 Å². The summed E-state index contributed by atoms with van der Waals surface area (Å²) in [6.07, 6.45) is 1.32.